The van der Waals surface area contributed by atoms with Crippen molar-refractivity contribution in [2.45, 2.75) is 6.92 Å². The molecule has 0 atom stereocenters. The molecule has 6 nitrogen and oxygen atoms in total. The third-order valence-corrected chi connectivity index (χ3v) is 4.33. The van der Waals surface area contributed by atoms with Crippen molar-refractivity contribution in [3.63, 3.8) is 0 Å². The second-order valence-corrected chi connectivity index (χ2v) is 6.51. The van der Waals surface area contributed by atoms with E-state index in [2.05, 4.69) is 5.32 Å². The Morgan fingerprint density at radius 2 is 1.81 bits per heavy atom. The zero-order chi connectivity index (χ0) is 18.7. The van der Waals surface area contributed by atoms with Crippen molar-refractivity contribution in [1.29, 1.82) is 0 Å². The number of nitrogens with zero attached hydrogens (tertiary/aromatic N) is 2. The lowest BCUT2D eigenvalue weighted by atomic mass is 10.2. The molecule has 1 aliphatic heterocycles. The molecule has 0 unspecified atom stereocenters. The predicted octanol–water partition coefficient (Wildman–Crippen LogP) is 2.46. The fourth-order valence-corrected chi connectivity index (χ4v) is 2.91. The van der Waals surface area contributed by atoms with Crippen LogP contribution in [0.4, 0.5) is 11.4 Å². The number of benzene rings is 2. The van der Waals surface area contributed by atoms with Crippen molar-refractivity contribution in [3.8, 4) is 0 Å². The van der Waals surface area contributed by atoms with Gasteiger partial charge in [0.2, 0.25) is 5.91 Å². The van der Waals surface area contributed by atoms with Gasteiger partial charge >= 0.3 is 11.8 Å². The van der Waals surface area contributed by atoms with Crippen LogP contribution in [0.2, 0.25) is 5.02 Å². The zero-order valence-electron chi connectivity index (χ0n) is 14.2. The van der Waals surface area contributed by atoms with E-state index < -0.39 is 11.8 Å². The molecule has 0 aliphatic carbocycles. The highest BCUT2D eigenvalue weighted by Crippen LogP contribution is 2.21. The first-order valence-corrected chi connectivity index (χ1v) is 8.55. The largest absolute Gasteiger partial charge is 0.325 e. The summed E-state index contributed by atoms with van der Waals surface area (Å²) in [4.78, 5) is 39.5. The first kappa shape index (κ1) is 17.9. The van der Waals surface area contributed by atoms with Crippen molar-refractivity contribution in [3.05, 3.63) is 59.1 Å². The van der Waals surface area contributed by atoms with Gasteiger partial charge in [-0.05, 0) is 37.3 Å². The standard InChI is InChI=1S/C19H18ClN3O3/c1-13-5-7-15(8-6-13)21-17(24)12-22-9-10-23(19(26)18(22)25)16-4-2-3-14(20)11-16/h2-8,11H,9-10,12H2,1H3,(H,21,24). The molecule has 1 N–H and O–H groups in total. The number of carbonyl (C=O) groups is 3. The lowest BCUT2D eigenvalue weighted by Crippen LogP contribution is -2.56. The fourth-order valence-electron chi connectivity index (χ4n) is 2.73. The van der Waals surface area contributed by atoms with Crippen LogP contribution in [0.3, 0.4) is 0 Å². The van der Waals surface area contributed by atoms with Gasteiger partial charge in [-0.1, -0.05) is 35.4 Å². The van der Waals surface area contributed by atoms with E-state index in [1.165, 1.54) is 9.80 Å². The van der Waals surface area contributed by atoms with E-state index in [1.807, 2.05) is 19.1 Å². The molecule has 2 aromatic rings. The fraction of sp³-hybridized carbons (Fsp3) is 0.211. The molecule has 1 saturated heterocycles. The Bertz CT molecular complexity index is 851. The highest BCUT2D eigenvalue weighted by atomic mass is 35.5. The molecule has 0 bridgehead atoms. The van der Waals surface area contributed by atoms with Crippen LogP contribution in [0.5, 0.6) is 0 Å². The third kappa shape index (κ3) is 4.03. The van der Waals surface area contributed by atoms with Gasteiger partial charge in [0.15, 0.2) is 0 Å². The van der Waals surface area contributed by atoms with Crippen molar-refractivity contribution in [2.24, 2.45) is 0 Å². The average Bonchev–Trinajstić information content (AvgIpc) is 2.61. The van der Waals surface area contributed by atoms with Crippen LogP contribution in [-0.2, 0) is 14.4 Å². The number of rotatable bonds is 4. The molecule has 0 spiro atoms. The van der Waals surface area contributed by atoms with Gasteiger partial charge in [-0.2, -0.15) is 0 Å². The first-order chi connectivity index (χ1) is 12.4. The number of amides is 3. The molecule has 0 aromatic heterocycles. The second kappa shape index (κ2) is 7.58. The van der Waals surface area contributed by atoms with Gasteiger partial charge in [-0.3, -0.25) is 14.4 Å². The highest BCUT2D eigenvalue weighted by molar-refractivity contribution is 6.41. The minimum atomic E-state index is -0.699. The number of hydrogen-bond donors (Lipinski definition) is 1. The van der Waals surface area contributed by atoms with E-state index in [-0.39, 0.29) is 19.0 Å². The Balaban J connectivity index is 1.62. The van der Waals surface area contributed by atoms with Gasteiger partial charge in [0.05, 0.1) is 0 Å². The Hall–Kier alpha value is -2.86. The molecule has 0 radical (unpaired) electrons. The monoisotopic (exact) mass is 371 g/mol. The summed E-state index contributed by atoms with van der Waals surface area (Å²) in [5, 5.41) is 3.22. The van der Waals surface area contributed by atoms with E-state index in [9.17, 15) is 14.4 Å². The van der Waals surface area contributed by atoms with Crippen LogP contribution < -0.4 is 10.2 Å². The van der Waals surface area contributed by atoms with Crippen LogP contribution in [0.25, 0.3) is 0 Å². The number of aryl methyl sites for hydroxylation is 1. The lowest BCUT2D eigenvalue weighted by Gasteiger charge is -2.33. The molecule has 1 fully saturated rings. The maximum atomic E-state index is 12.4. The van der Waals surface area contributed by atoms with Crippen molar-refractivity contribution in [2.75, 3.05) is 29.9 Å². The molecule has 3 amide bonds. The zero-order valence-corrected chi connectivity index (χ0v) is 15.0. The van der Waals surface area contributed by atoms with Gasteiger partial charge in [-0.15, -0.1) is 0 Å². The molecule has 0 saturated carbocycles. The molecule has 134 valence electrons. The summed E-state index contributed by atoms with van der Waals surface area (Å²) in [6, 6.07) is 14.1. The van der Waals surface area contributed by atoms with Crippen LogP contribution in [0.15, 0.2) is 48.5 Å². The van der Waals surface area contributed by atoms with Gasteiger partial charge in [-0.25, -0.2) is 0 Å². The summed E-state index contributed by atoms with van der Waals surface area (Å²) < 4.78 is 0. The third-order valence-electron chi connectivity index (χ3n) is 4.10. The normalized spacial score (nSPS) is 14.5. The minimum absolute atomic E-state index is 0.165. The smallest absolute Gasteiger partial charge is 0.316 e. The van der Waals surface area contributed by atoms with Gasteiger partial charge in [0.1, 0.15) is 6.54 Å². The van der Waals surface area contributed by atoms with E-state index in [1.54, 1.807) is 36.4 Å². The maximum Gasteiger partial charge on any atom is 0.316 e. The van der Waals surface area contributed by atoms with E-state index in [4.69, 9.17) is 11.6 Å². The molecule has 1 aliphatic rings. The van der Waals surface area contributed by atoms with E-state index in [0.717, 1.165) is 5.56 Å². The van der Waals surface area contributed by atoms with Crippen LogP contribution in [0.1, 0.15) is 5.56 Å². The summed E-state index contributed by atoms with van der Waals surface area (Å²) in [5.41, 5.74) is 2.30. The Kier molecular flexibility index (Phi) is 5.23. The summed E-state index contributed by atoms with van der Waals surface area (Å²) in [7, 11) is 0. The topological polar surface area (TPSA) is 69.7 Å². The molecule has 3 rings (SSSR count). The highest BCUT2D eigenvalue weighted by Gasteiger charge is 2.34. The molecular formula is C19H18ClN3O3. The van der Waals surface area contributed by atoms with Gasteiger partial charge in [0.25, 0.3) is 0 Å². The number of hydrogen-bond acceptors (Lipinski definition) is 3. The summed E-state index contributed by atoms with van der Waals surface area (Å²) >= 11 is 5.95. The van der Waals surface area contributed by atoms with Gasteiger partial charge < -0.3 is 15.1 Å². The Morgan fingerprint density at radius 1 is 1.08 bits per heavy atom. The average molecular weight is 372 g/mol. The second-order valence-electron chi connectivity index (χ2n) is 6.08. The number of halogens is 1. The predicted molar refractivity (Wildman–Crippen MR) is 100 cm³/mol. The quantitative estimate of drug-likeness (QED) is 0.839. The van der Waals surface area contributed by atoms with Crippen LogP contribution >= 0.6 is 11.6 Å². The number of piperazine rings is 1. The van der Waals surface area contributed by atoms with E-state index >= 15 is 0 Å². The van der Waals surface area contributed by atoms with Crippen LogP contribution in [-0.4, -0.2) is 42.3 Å². The summed E-state index contributed by atoms with van der Waals surface area (Å²) in [6.45, 7) is 2.37. The van der Waals surface area contributed by atoms with Crippen molar-refractivity contribution >= 4 is 40.7 Å². The minimum Gasteiger partial charge on any atom is -0.325 e. The molecule has 26 heavy (non-hydrogen) atoms. The number of anilines is 2. The van der Waals surface area contributed by atoms with Gasteiger partial charge in [0, 0.05) is 29.5 Å². The molecular weight excluding hydrogens is 354 g/mol. The van der Waals surface area contributed by atoms with Crippen LogP contribution in [0, 0.1) is 6.92 Å². The molecule has 2 aromatic carbocycles. The van der Waals surface area contributed by atoms with Crippen molar-refractivity contribution in [1.82, 2.24) is 4.90 Å². The Morgan fingerprint density at radius 3 is 2.50 bits per heavy atom. The summed E-state index contributed by atoms with van der Waals surface area (Å²) in [5.74, 6) is -1.71. The summed E-state index contributed by atoms with van der Waals surface area (Å²) in [6.07, 6.45) is 0. The van der Waals surface area contributed by atoms with Crippen molar-refractivity contribution < 1.29 is 14.4 Å². The molecule has 7 heteroatoms. The van der Waals surface area contributed by atoms with E-state index in [0.29, 0.717) is 22.9 Å². The maximum absolute atomic E-state index is 12.4. The number of nitrogens with one attached hydrogen (secondary N) is 1. The molecule has 1 heterocycles. The Labute approximate surface area is 156 Å². The SMILES string of the molecule is Cc1ccc(NC(=O)CN2CCN(c3cccc(Cl)c3)C(=O)C2=O)cc1. The number of carbonyl (C=O) groups excluding carboxylic acids is 3. The first-order valence-electron chi connectivity index (χ1n) is 8.17. The lowest BCUT2D eigenvalue weighted by molar-refractivity contribution is -0.147.